The lowest BCUT2D eigenvalue weighted by Crippen LogP contribution is -2.28. The standard InChI is InChI=1S/C19H18N8O/c1-12(24-26(2)19(20)28)15-7-8-17-22-23-18(27(17)25-15)11-13-5-6-16-14(10-13)4-3-9-21-16/h3-10H,11H2,1-2H3,(H2,20,28)/b24-12-. The molecule has 0 fully saturated rings. The molecule has 0 radical (unpaired) electrons. The number of carbonyl (C=O) groups excluding carboxylic acids is 1. The van der Waals surface area contributed by atoms with Crippen molar-refractivity contribution in [1.82, 2.24) is 29.8 Å². The summed E-state index contributed by atoms with van der Waals surface area (Å²) in [6, 6.07) is 13.0. The predicted octanol–water partition coefficient (Wildman–Crippen LogP) is 2.00. The zero-order valence-electron chi connectivity index (χ0n) is 15.4. The highest BCUT2D eigenvalue weighted by Crippen LogP contribution is 2.16. The highest BCUT2D eigenvalue weighted by Gasteiger charge is 2.11. The molecule has 0 saturated heterocycles. The third-order valence-corrected chi connectivity index (χ3v) is 4.35. The van der Waals surface area contributed by atoms with Crippen molar-refractivity contribution in [2.75, 3.05) is 7.05 Å². The first-order chi connectivity index (χ1) is 13.5. The molecule has 3 aromatic heterocycles. The number of pyridine rings is 1. The number of nitrogens with two attached hydrogens (primary N) is 1. The summed E-state index contributed by atoms with van der Waals surface area (Å²) in [5, 5.41) is 19.3. The lowest BCUT2D eigenvalue weighted by molar-refractivity contribution is 0.220. The van der Waals surface area contributed by atoms with Gasteiger partial charge in [0.2, 0.25) is 0 Å². The van der Waals surface area contributed by atoms with E-state index in [1.807, 2.05) is 30.3 Å². The van der Waals surface area contributed by atoms with Gasteiger partial charge >= 0.3 is 6.03 Å². The largest absolute Gasteiger partial charge is 0.350 e. The van der Waals surface area contributed by atoms with Crippen molar-refractivity contribution in [1.29, 1.82) is 0 Å². The Bertz CT molecular complexity index is 1210. The molecule has 0 unspecified atom stereocenters. The van der Waals surface area contributed by atoms with Gasteiger partial charge in [-0.15, -0.1) is 10.2 Å². The minimum Gasteiger partial charge on any atom is -0.350 e. The number of carbonyl (C=O) groups is 1. The molecular weight excluding hydrogens is 356 g/mol. The maximum Gasteiger partial charge on any atom is 0.334 e. The van der Waals surface area contributed by atoms with Crippen LogP contribution in [-0.2, 0) is 6.42 Å². The molecule has 0 saturated carbocycles. The van der Waals surface area contributed by atoms with Crippen LogP contribution in [0.5, 0.6) is 0 Å². The number of hydrogen-bond acceptors (Lipinski definition) is 6. The summed E-state index contributed by atoms with van der Waals surface area (Å²) in [6.07, 6.45) is 2.35. The number of aromatic nitrogens is 5. The van der Waals surface area contributed by atoms with Gasteiger partial charge in [0, 0.05) is 25.1 Å². The topological polar surface area (TPSA) is 115 Å². The summed E-state index contributed by atoms with van der Waals surface area (Å²) in [5.41, 5.74) is 9.04. The zero-order chi connectivity index (χ0) is 19.7. The second-order valence-electron chi connectivity index (χ2n) is 6.36. The van der Waals surface area contributed by atoms with Crippen molar-refractivity contribution in [3.05, 3.63) is 65.7 Å². The van der Waals surface area contributed by atoms with Crippen molar-refractivity contribution >= 4 is 28.3 Å². The Morgan fingerprint density at radius 3 is 2.89 bits per heavy atom. The predicted molar refractivity (Wildman–Crippen MR) is 105 cm³/mol. The van der Waals surface area contributed by atoms with Crippen LogP contribution in [0.3, 0.4) is 0 Å². The van der Waals surface area contributed by atoms with Crippen molar-refractivity contribution in [3.63, 3.8) is 0 Å². The van der Waals surface area contributed by atoms with E-state index in [0.717, 1.165) is 21.5 Å². The van der Waals surface area contributed by atoms with Crippen LogP contribution in [-0.4, -0.2) is 48.6 Å². The summed E-state index contributed by atoms with van der Waals surface area (Å²) in [4.78, 5) is 15.5. The van der Waals surface area contributed by atoms with Gasteiger partial charge in [0.1, 0.15) is 5.69 Å². The van der Waals surface area contributed by atoms with Gasteiger partial charge in [-0.25, -0.2) is 9.80 Å². The van der Waals surface area contributed by atoms with Crippen molar-refractivity contribution in [2.24, 2.45) is 10.8 Å². The lowest BCUT2D eigenvalue weighted by Gasteiger charge is -2.09. The van der Waals surface area contributed by atoms with Crippen LogP contribution in [0.25, 0.3) is 16.6 Å². The van der Waals surface area contributed by atoms with Crippen molar-refractivity contribution in [3.8, 4) is 0 Å². The lowest BCUT2D eigenvalue weighted by atomic mass is 10.1. The molecule has 2 N–H and O–H groups in total. The maximum absolute atomic E-state index is 11.2. The zero-order valence-corrected chi connectivity index (χ0v) is 15.4. The summed E-state index contributed by atoms with van der Waals surface area (Å²) in [7, 11) is 1.49. The molecule has 4 rings (SSSR count). The van der Waals surface area contributed by atoms with Gasteiger partial charge in [0.05, 0.1) is 11.2 Å². The van der Waals surface area contributed by atoms with E-state index in [1.54, 1.807) is 23.7 Å². The molecule has 0 aliphatic heterocycles. The molecule has 0 atom stereocenters. The number of benzene rings is 1. The Labute approximate surface area is 160 Å². The summed E-state index contributed by atoms with van der Waals surface area (Å²) in [6.45, 7) is 1.76. The van der Waals surface area contributed by atoms with Crippen molar-refractivity contribution < 1.29 is 4.79 Å². The molecule has 140 valence electrons. The first-order valence-corrected chi connectivity index (χ1v) is 8.65. The van der Waals surface area contributed by atoms with Gasteiger partial charge in [0.15, 0.2) is 11.5 Å². The van der Waals surface area contributed by atoms with Crippen LogP contribution in [0, 0.1) is 0 Å². The molecule has 9 heteroatoms. The van der Waals surface area contributed by atoms with Crippen LogP contribution in [0.4, 0.5) is 4.79 Å². The van der Waals surface area contributed by atoms with E-state index in [1.165, 1.54) is 7.05 Å². The van der Waals surface area contributed by atoms with E-state index < -0.39 is 6.03 Å². The maximum atomic E-state index is 11.2. The number of hydrogen-bond donors (Lipinski definition) is 1. The van der Waals surface area contributed by atoms with Gasteiger partial charge in [-0.05, 0) is 42.8 Å². The highest BCUT2D eigenvalue weighted by atomic mass is 16.2. The molecular formula is C19H18N8O. The van der Waals surface area contributed by atoms with E-state index in [9.17, 15) is 4.79 Å². The first-order valence-electron chi connectivity index (χ1n) is 8.65. The molecule has 9 nitrogen and oxygen atoms in total. The van der Waals surface area contributed by atoms with E-state index >= 15 is 0 Å². The Hall–Kier alpha value is -3.88. The summed E-state index contributed by atoms with van der Waals surface area (Å²) >= 11 is 0. The number of hydrazone groups is 1. The molecule has 2 amide bonds. The summed E-state index contributed by atoms with van der Waals surface area (Å²) < 4.78 is 1.69. The minimum absolute atomic E-state index is 0.555. The van der Waals surface area contributed by atoms with E-state index in [-0.39, 0.29) is 0 Å². The molecule has 0 aliphatic carbocycles. The van der Waals surface area contributed by atoms with E-state index in [0.29, 0.717) is 29.3 Å². The summed E-state index contributed by atoms with van der Waals surface area (Å²) in [5.74, 6) is 0.705. The quantitative estimate of drug-likeness (QED) is 0.433. The third kappa shape index (κ3) is 3.37. The molecule has 0 bridgehead atoms. The molecule has 0 spiro atoms. The Balaban J connectivity index is 1.68. The highest BCUT2D eigenvalue weighted by molar-refractivity contribution is 5.97. The second kappa shape index (κ2) is 7.03. The second-order valence-corrected chi connectivity index (χ2v) is 6.36. The number of rotatable bonds is 4. The third-order valence-electron chi connectivity index (χ3n) is 4.35. The van der Waals surface area contributed by atoms with Crippen LogP contribution in [0.2, 0.25) is 0 Å². The van der Waals surface area contributed by atoms with Crippen molar-refractivity contribution in [2.45, 2.75) is 13.3 Å². The van der Waals surface area contributed by atoms with Crippen LogP contribution in [0.15, 0.2) is 53.8 Å². The van der Waals surface area contributed by atoms with Gasteiger partial charge < -0.3 is 5.73 Å². The molecule has 0 aliphatic rings. The number of nitrogens with zero attached hydrogens (tertiary/aromatic N) is 7. The number of amides is 2. The average Bonchev–Trinajstić information content (AvgIpc) is 3.09. The smallest absolute Gasteiger partial charge is 0.334 e. The van der Waals surface area contributed by atoms with Crippen LogP contribution < -0.4 is 5.73 Å². The van der Waals surface area contributed by atoms with E-state index in [2.05, 4.69) is 31.4 Å². The molecule has 1 aromatic carbocycles. The van der Waals surface area contributed by atoms with Gasteiger partial charge in [-0.1, -0.05) is 12.1 Å². The monoisotopic (exact) mass is 374 g/mol. The van der Waals surface area contributed by atoms with Crippen LogP contribution in [0.1, 0.15) is 24.0 Å². The Morgan fingerprint density at radius 1 is 1.21 bits per heavy atom. The average molecular weight is 374 g/mol. The van der Waals surface area contributed by atoms with E-state index in [4.69, 9.17) is 5.73 Å². The number of urea groups is 1. The molecule has 3 heterocycles. The SMILES string of the molecule is C/C(=N/N(C)C(N)=O)c1ccc2nnc(Cc3ccc4ncccc4c3)n2n1. The van der Waals surface area contributed by atoms with Crippen LogP contribution >= 0.6 is 0 Å². The minimum atomic E-state index is -0.642. The molecule has 28 heavy (non-hydrogen) atoms. The first kappa shape index (κ1) is 17.5. The van der Waals surface area contributed by atoms with Gasteiger partial charge in [-0.2, -0.15) is 14.7 Å². The van der Waals surface area contributed by atoms with Gasteiger partial charge in [0.25, 0.3) is 0 Å². The Morgan fingerprint density at radius 2 is 2.07 bits per heavy atom. The fraction of sp³-hybridized carbons (Fsp3) is 0.158. The normalized spacial score (nSPS) is 11.9. The number of fused-ring (bicyclic) bond motifs is 2. The fourth-order valence-corrected chi connectivity index (χ4v) is 2.88. The van der Waals surface area contributed by atoms with Gasteiger partial charge in [-0.3, -0.25) is 4.98 Å². The number of primary amides is 1. The Kier molecular flexibility index (Phi) is 4.40. The molecule has 4 aromatic rings. The fourth-order valence-electron chi connectivity index (χ4n) is 2.88.